The molecule has 0 unspecified atom stereocenters. The van der Waals surface area contributed by atoms with Crippen molar-refractivity contribution in [3.8, 4) is 17.6 Å². The van der Waals surface area contributed by atoms with Crippen LogP contribution in [0, 0.1) is 11.8 Å². The molecule has 110 valence electrons. The summed E-state index contributed by atoms with van der Waals surface area (Å²) >= 11 is 0. The van der Waals surface area contributed by atoms with E-state index in [0.717, 1.165) is 22.6 Å². The quantitative estimate of drug-likeness (QED) is 0.642. The van der Waals surface area contributed by atoms with Gasteiger partial charge in [0, 0.05) is 12.6 Å². The zero-order valence-corrected chi connectivity index (χ0v) is 12.7. The zero-order chi connectivity index (χ0) is 15.9. The number of para-hydroxylation sites is 2. The van der Waals surface area contributed by atoms with E-state index in [1.54, 1.807) is 14.2 Å². The molecule has 2 aromatic rings. The molecule has 0 N–H and O–H groups in total. The van der Waals surface area contributed by atoms with E-state index in [9.17, 15) is 4.79 Å². The average molecular weight is 291 g/mol. The number of benzene rings is 2. The van der Waals surface area contributed by atoms with Gasteiger partial charge in [0.05, 0.1) is 18.4 Å². The van der Waals surface area contributed by atoms with Crippen molar-refractivity contribution >= 4 is 11.6 Å². The molecule has 0 aliphatic rings. The maximum atomic E-state index is 11.8. The molecule has 2 rings (SSSR count). The summed E-state index contributed by atoms with van der Waals surface area (Å²) in [4.78, 5) is 13.3. The van der Waals surface area contributed by atoms with Crippen LogP contribution in [0.4, 0.5) is 5.69 Å². The number of amides is 1. The van der Waals surface area contributed by atoms with Crippen molar-refractivity contribution in [2.45, 2.75) is 0 Å². The Morgan fingerprint density at radius 3 is 2.36 bits per heavy atom. The highest BCUT2D eigenvalue weighted by Crippen LogP contribution is 2.20. The van der Waals surface area contributed by atoms with Gasteiger partial charge in [0.25, 0.3) is 0 Å². The van der Waals surface area contributed by atoms with Gasteiger partial charge in [0.15, 0.2) is 0 Å². The fraction of sp³-hybridized carbons (Fsp3) is 0.105. The second-order valence-electron chi connectivity index (χ2n) is 4.57. The Labute approximate surface area is 130 Å². The molecule has 3 nitrogen and oxygen atoms in total. The summed E-state index contributed by atoms with van der Waals surface area (Å²) in [5.41, 5.74) is 2.32. The number of carbonyl (C=O) groups excluding carboxylic acids is 1. The van der Waals surface area contributed by atoms with Gasteiger partial charge < -0.3 is 9.64 Å². The number of rotatable bonds is 3. The maximum Gasteiger partial charge on any atom is 0.250 e. The molecule has 0 aliphatic heterocycles. The van der Waals surface area contributed by atoms with Crippen molar-refractivity contribution in [3.05, 3.63) is 72.3 Å². The van der Waals surface area contributed by atoms with Crippen LogP contribution in [0.3, 0.4) is 0 Å². The summed E-state index contributed by atoms with van der Waals surface area (Å²) in [6, 6.07) is 15.1. The lowest BCUT2D eigenvalue weighted by Gasteiger charge is -2.16. The average Bonchev–Trinajstić information content (AvgIpc) is 2.59. The van der Waals surface area contributed by atoms with Crippen LogP contribution in [0.5, 0.6) is 5.75 Å². The molecule has 0 saturated carbocycles. The molecule has 0 bridgehead atoms. The van der Waals surface area contributed by atoms with Crippen LogP contribution in [0.15, 0.2) is 61.2 Å². The van der Waals surface area contributed by atoms with E-state index in [4.69, 9.17) is 4.74 Å². The van der Waals surface area contributed by atoms with Crippen LogP contribution in [0.25, 0.3) is 0 Å². The van der Waals surface area contributed by atoms with Gasteiger partial charge in [0.2, 0.25) is 5.91 Å². The Balaban J connectivity index is 2.41. The third-order valence-electron chi connectivity index (χ3n) is 3.21. The first-order valence-electron chi connectivity index (χ1n) is 6.81. The summed E-state index contributed by atoms with van der Waals surface area (Å²) in [5.74, 6) is 6.75. The van der Waals surface area contributed by atoms with E-state index < -0.39 is 0 Å². The normalized spacial score (nSPS) is 9.36. The van der Waals surface area contributed by atoms with E-state index in [1.165, 1.54) is 11.0 Å². The number of likely N-dealkylation sites (N-methyl/N-ethyl adjacent to an activating group) is 1. The third-order valence-corrected chi connectivity index (χ3v) is 3.21. The lowest BCUT2D eigenvalue weighted by Crippen LogP contribution is -2.24. The molecule has 0 saturated heterocycles. The number of nitrogens with zero attached hydrogens (tertiary/aromatic N) is 1. The Morgan fingerprint density at radius 1 is 1.09 bits per heavy atom. The van der Waals surface area contributed by atoms with Crippen molar-refractivity contribution in [3.63, 3.8) is 0 Å². The van der Waals surface area contributed by atoms with Gasteiger partial charge in [0.1, 0.15) is 5.75 Å². The molecular formula is C19H17NO2. The predicted octanol–water partition coefficient (Wildman–Crippen LogP) is 3.24. The molecular weight excluding hydrogens is 274 g/mol. The first kappa shape index (κ1) is 15.4. The van der Waals surface area contributed by atoms with Crippen LogP contribution >= 0.6 is 0 Å². The van der Waals surface area contributed by atoms with E-state index in [0.29, 0.717) is 0 Å². The first-order chi connectivity index (χ1) is 10.7. The summed E-state index contributed by atoms with van der Waals surface area (Å²) in [6.45, 7) is 3.51. The number of anilines is 1. The van der Waals surface area contributed by atoms with Crippen LogP contribution in [0.1, 0.15) is 11.1 Å². The van der Waals surface area contributed by atoms with Gasteiger partial charge >= 0.3 is 0 Å². The summed E-state index contributed by atoms with van der Waals surface area (Å²) in [6.07, 6.45) is 1.28. The van der Waals surface area contributed by atoms with Gasteiger partial charge in [-0.1, -0.05) is 42.7 Å². The monoisotopic (exact) mass is 291 g/mol. The molecule has 0 atom stereocenters. The first-order valence-corrected chi connectivity index (χ1v) is 6.81. The minimum absolute atomic E-state index is 0.174. The van der Waals surface area contributed by atoms with E-state index in [1.807, 2.05) is 48.5 Å². The fourth-order valence-electron chi connectivity index (χ4n) is 2.01. The van der Waals surface area contributed by atoms with Crippen LogP contribution in [-0.2, 0) is 4.79 Å². The third kappa shape index (κ3) is 3.36. The van der Waals surface area contributed by atoms with Crippen LogP contribution in [0.2, 0.25) is 0 Å². The fourth-order valence-corrected chi connectivity index (χ4v) is 2.01. The smallest absolute Gasteiger partial charge is 0.250 e. The molecule has 22 heavy (non-hydrogen) atoms. The highest BCUT2D eigenvalue weighted by Gasteiger charge is 2.10. The van der Waals surface area contributed by atoms with Gasteiger partial charge in [-0.3, -0.25) is 4.79 Å². The molecule has 0 fully saturated rings. The molecule has 0 aromatic heterocycles. The lowest BCUT2D eigenvalue weighted by molar-refractivity contribution is -0.113. The molecule has 0 spiro atoms. The Kier molecular flexibility index (Phi) is 5.00. The number of hydrogen-bond acceptors (Lipinski definition) is 2. The largest absolute Gasteiger partial charge is 0.495 e. The minimum atomic E-state index is -0.174. The zero-order valence-electron chi connectivity index (χ0n) is 12.7. The van der Waals surface area contributed by atoms with Crippen LogP contribution in [-0.4, -0.2) is 20.1 Å². The van der Waals surface area contributed by atoms with E-state index in [-0.39, 0.29) is 5.91 Å². The Hall–Kier alpha value is -2.99. The van der Waals surface area contributed by atoms with Crippen molar-refractivity contribution in [2.24, 2.45) is 0 Å². The predicted molar refractivity (Wildman–Crippen MR) is 89.0 cm³/mol. The molecule has 0 radical (unpaired) electrons. The van der Waals surface area contributed by atoms with Crippen molar-refractivity contribution < 1.29 is 9.53 Å². The molecule has 3 heteroatoms. The van der Waals surface area contributed by atoms with E-state index in [2.05, 4.69) is 18.4 Å². The van der Waals surface area contributed by atoms with Crippen LogP contribution < -0.4 is 9.64 Å². The summed E-state index contributed by atoms with van der Waals surface area (Å²) in [7, 11) is 3.32. The molecule has 0 heterocycles. The minimum Gasteiger partial charge on any atom is -0.495 e. The van der Waals surface area contributed by atoms with Gasteiger partial charge in [-0.25, -0.2) is 0 Å². The molecule has 0 aliphatic carbocycles. The number of ether oxygens (including phenoxy) is 1. The summed E-state index contributed by atoms with van der Waals surface area (Å²) < 4.78 is 5.29. The second kappa shape index (κ2) is 7.14. The standard InChI is InChI=1S/C19H17NO2/c1-4-19(21)20(2)17-11-7-5-9-15(17)13-14-16-10-6-8-12-18(16)22-3/h4-12H,1H2,2-3H3. The SMILES string of the molecule is C=CC(=O)N(C)c1ccccc1C#Cc1ccccc1OC. The van der Waals surface area contributed by atoms with Crippen molar-refractivity contribution in [2.75, 3.05) is 19.1 Å². The number of hydrogen-bond donors (Lipinski definition) is 0. The lowest BCUT2D eigenvalue weighted by atomic mass is 10.1. The van der Waals surface area contributed by atoms with Gasteiger partial charge in [-0.2, -0.15) is 0 Å². The van der Waals surface area contributed by atoms with Gasteiger partial charge in [-0.15, -0.1) is 0 Å². The van der Waals surface area contributed by atoms with Crippen molar-refractivity contribution in [1.29, 1.82) is 0 Å². The number of carbonyl (C=O) groups is 1. The Bertz CT molecular complexity index is 753. The van der Waals surface area contributed by atoms with Crippen molar-refractivity contribution in [1.82, 2.24) is 0 Å². The number of methoxy groups -OCH3 is 1. The highest BCUT2D eigenvalue weighted by atomic mass is 16.5. The molecule has 2 aromatic carbocycles. The summed E-state index contributed by atoms with van der Waals surface area (Å²) in [5, 5.41) is 0. The van der Waals surface area contributed by atoms with E-state index >= 15 is 0 Å². The second-order valence-corrected chi connectivity index (χ2v) is 4.57. The van der Waals surface area contributed by atoms with Gasteiger partial charge in [-0.05, 0) is 30.3 Å². The highest BCUT2D eigenvalue weighted by molar-refractivity contribution is 6.01. The molecule has 1 amide bonds. The Morgan fingerprint density at radius 2 is 1.68 bits per heavy atom. The topological polar surface area (TPSA) is 29.5 Å². The maximum absolute atomic E-state index is 11.8.